The molecular formula is C98H113B2Br3ClCs2N3NaO22S4. The van der Waals surface area contributed by atoms with Gasteiger partial charge in [-0.3, -0.25) is 28.5 Å². The summed E-state index contributed by atoms with van der Waals surface area (Å²) in [7, 11) is -4.99. The standard InChI is InChI=1S/C32H33NO6S.C25H29BO6.C14H17BrO2S.C13H14BrNO2S.C9H5BrO2.C4H11NOS.CH2O3.B.ClH.2Cs.Na.2H/c1-5-36-29(34)17-22-9-6-7-12-28(22)38-19-21-15-23-13-14-37-30(23)27(16-21)26-11-8-10-25-24(20-39-31(25)26)18-33-40(35)32(2,3)4;1-6-28-22(27)15-18-9-7-8-10-21(18)30-16-17-13-19-11-12-29-23(19)20(14-17)26-31-24(2,3)25(4,5)32-26;1-14(2,3)18(16)8-7-10-9-17-13-11(10)5-4-6-12(13)15;1-13(2,3)18(16)15-7-9-8-17-12-10(9)5-4-6-11(12)14;10-8-3-1-2-7-6(4-11)5-12-9(7)8;1-4(2,3)7(5)6;2-1-4-3;;;;;;;/h6-16,20,33H,5,17-19H2,1-4H3;7-14H,6,15-16H2,1-5H3;4-6,9H,7-8H2,1-3H3;4-8H,1-3H3;1-5H;5H2,1-3H3;1,3H;;1H;;;;;/q;;;;;;;;;3*+1;2*-1/p-1/t40-;;2*18-;;7-;;;;;;;;/m0.01.0......../s1. The van der Waals surface area contributed by atoms with Crippen LogP contribution in [0.1, 0.15) is 177 Å². The Bertz CT molecular complexity index is 6410. The number of para-hydroxylation sites is 6. The van der Waals surface area contributed by atoms with Crippen molar-refractivity contribution in [1.82, 2.24) is 4.72 Å². The van der Waals surface area contributed by atoms with Crippen molar-refractivity contribution in [3.8, 4) is 22.6 Å². The van der Waals surface area contributed by atoms with Gasteiger partial charge in [-0.25, -0.2) is 17.3 Å². The molecular weight excluding hydrogens is 2280 g/mol. The number of fused-ring (bicyclic) bond motifs is 6. The summed E-state index contributed by atoms with van der Waals surface area (Å²) in [6.07, 6.45) is 13.4. The van der Waals surface area contributed by atoms with Crippen LogP contribution in [0.3, 0.4) is 0 Å². The molecule has 6 aromatic heterocycles. The van der Waals surface area contributed by atoms with Gasteiger partial charge >= 0.3 is 186 Å². The van der Waals surface area contributed by atoms with Crippen LogP contribution >= 0.6 is 60.2 Å². The Hall–Kier alpha value is -4.29. The largest absolute Gasteiger partial charge is 1.00 e. The second-order valence-electron chi connectivity index (χ2n) is 34.7. The maximum absolute atomic E-state index is 12.5. The van der Waals surface area contributed by atoms with Crippen molar-refractivity contribution in [2.75, 3.05) is 19.0 Å². The quantitative estimate of drug-likeness (QED) is 0.0142. The minimum Gasteiger partial charge on any atom is -1.00 e. The van der Waals surface area contributed by atoms with Gasteiger partial charge in [-0.15, -0.1) is 12.4 Å². The molecule has 8 aromatic carbocycles. The van der Waals surface area contributed by atoms with Crippen molar-refractivity contribution in [1.29, 1.82) is 0 Å². The number of aryl methyl sites for hydroxylation is 1. The predicted octanol–water partition coefficient (Wildman–Crippen LogP) is 13.0. The van der Waals surface area contributed by atoms with Crippen LogP contribution in [0, 0.1) is 0 Å². The van der Waals surface area contributed by atoms with Crippen LogP contribution < -0.4 is 197 Å². The SMILES string of the molecule is CC(C)(C)[S@@](=O)CCc1coc2c(Br)cccc12.CC(C)(C)[S@@](=O)N=Cc1coc2c(Br)cccc12.CC(C)(C)[S@@](N)=O.CCOC(=O)Cc1ccccc1OCc1cc(-c2cccc3c(CN[S@@](=O)C(C)(C)C)coc23)c2occc2c1.CCOC(=O)Cc1ccccc1OCc1cc(B2OC(C)(C)C(C)(C)O2)c2occc2c1.Cl.O=CO[O-].O=Cc1coc2c(Br)cccc12.[B].[Cs+].[Cs+].[H-].[H-].[Na+]. The molecule has 0 unspecified atom stereocenters. The first kappa shape index (κ1) is 124. The zero-order chi connectivity index (χ0) is 95.9. The van der Waals surface area contributed by atoms with Gasteiger partial charge in [-0.2, -0.15) is 4.40 Å². The number of halogens is 4. The summed E-state index contributed by atoms with van der Waals surface area (Å²) in [5.74, 6) is 1.41. The molecule has 1 aliphatic heterocycles. The molecule has 0 spiro atoms. The summed E-state index contributed by atoms with van der Waals surface area (Å²) >= 11 is 10.2. The van der Waals surface area contributed by atoms with Crippen LogP contribution in [-0.4, -0.2) is 112 Å². The van der Waals surface area contributed by atoms with E-state index >= 15 is 0 Å². The summed E-state index contributed by atoms with van der Waals surface area (Å²) < 4.78 is 124. The first-order chi connectivity index (χ1) is 61.9. The molecule has 713 valence electrons. The Labute approximate surface area is 980 Å². The molecule has 1 fully saturated rings. The summed E-state index contributed by atoms with van der Waals surface area (Å²) in [6.45, 7) is 36.3. The zero-order valence-corrected chi connectivity index (χ0v) is 104. The molecule has 0 aliphatic carbocycles. The van der Waals surface area contributed by atoms with Gasteiger partial charge in [-0.05, 0) is 256 Å². The molecule has 7 heterocycles. The van der Waals surface area contributed by atoms with Crippen molar-refractivity contribution in [3.63, 3.8) is 0 Å². The average Bonchev–Trinajstić information content (AvgIpc) is 1.59. The minimum absolute atomic E-state index is 0. The molecule has 38 heteroatoms. The number of hydrogen-bond acceptors (Lipinski definition) is 22. The van der Waals surface area contributed by atoms with Crippen LogP contribution in [0.2, 0.25) is 0 Å². The summed E-state index contributed by atoms with van der Waals surface area (Å²) in [6, 6.07) is 50.4. The number of benzene rings is 8. The monoisotopic (exact) mass is 2390 g/mol. The van der Waals surface area contributed by atoms with E-state index in [1.807, 2.05) is 269 Å². The minimum atomic E-state index is -1.25. The van der Waals surface area contributed by atoms with E-state index in [9.17, 15) is 31.2 Å². The molecule has 1 aliphatic rings. The molecule has 136 heavy (non-hydrogen) atoms. The Morgan fingerprint density at radius 1 is 0.522 bits per heavy atom. The number of rotatable bonds is 24. The number of ether oxygens (including phenoxy) is 4. The van der Waals surface area contributed by atoms with Gasteiger partial charge in [0.1, 0.15) is 81.7 Å². The van der Waals surface area contributed by atoms with Crippen LogP contribution in [0.4, 0.5) is 0 Å². The second kappa shape index (κ2) is 57.4. The molecule has 14 aromatic rings. The number of carbonyl (C=O) groups is 4. The van der Waals surface area contributed by atoms with Gasteiger partial charge in [0.25, 0.3) is 6.47 Å². The van der Waals surface area contributed by atoms with E-state index in [1.54, 1.807) is 51.4 Å². The van der Waals surface area contributed by atoms with Crippen molar-refractivity contribution in [2.24, 2.45) is 9.54 Å². The maximum atomic E-state index is 12.5. The Kier molecular flexibility index (Phi) is 52.4. The Morgan fingerprint density at radius 2 is 0.949 bits per heavy atom. The molecule has 3 radical (unpaired) electrons. The molecule has 0 bridgehead atoms. The van der Waals surface area contributed by atoms with Crippen molar-refractivity contribution < 1.29 is 271 Å². The number of carbonyl (C=O) groups excluding carboxylic acids is 4. The molecule has 1 saturated heterocycles. The van der Waals surface area contributed by atoms with Gasteiger partial charge in [0.15, 0.2) is 6.29 Å². The summed E-state index contributed by atoms with van der Waals surface area (Å²) in [5, 5.41) is 19.2. The number of nitrogens with zero attached hydrogens (tertiary/aromatic N) is 1. The molecule has 3 N–H and O–H groups in total. The number of hydrogen-bond donors (Lipinski definition) is 2. The summed E-state index contributed by atoms with van der Waals surface area (Å²) in [5.41, 5.74) is 13.3. The summed E-state index contributed by atoms with van der Waals surface area (Å²) in [4.78, 5) is 45.8. The first-order valence-corrected chi connectivity index (χ1v) is 49.0. The third-order valence-corrected chi connectivity index (χ3v) is 28.2. The third-order valence-electron chi connectivity index (χ3n) is 20.3. The van der Waals surface area contributed by atoms with Crippen molar-refractivity contribution in [3.05, 3.63) is 253 Å². The van der Waals surface area contributed by atoms with Gasteiger partial charge in [0.2, 0.25) is 0 Å². The fourth-order valence-corrected chi connectivity index (χ4v) is 16.2. The first-order valence-electron chi connectivity index (χ1n) is 41.8. The van der Waals surface area contributed by atoms with Crippen LogP contribution in [0.5, 0.6) is 11.5 Å². The number of aldehydes is 1. The van der Waals surface area contributed by atoms with Crippen molar-refractivity contribution in [2.45, 2.75) is 194 Å². The number of nitrogens with two attached hydrogens (primary N) is 1. The third kappa shape index (κ3) is 35.3. The normalized spacial score (nSPS) is 13.4. The predicted molar refractivity (Wildman–Crippen MR) is 544 cm³/mol. The molecule has 0 saturated carbocycles. The fourth-order valence-electron chi connectivity index (χ4n) is 12.6. The van der Waals surface area contributed by atoms with E-state index in [0.29, 0.717) is 55.8 Å². The number of nitrogens with one attached hydrogen (secondary N) is 1. The molecule has 25 nitrogen and oxygen atoms in total. The molecule has 0 amide bonds. The van der Waals surface area contributed by atoms with E-state index in [2.05, 4.69) is 61.8 Å². The Morgan fingerprint density at radius 3 is 1.42 bits per heavy atom. The van der Waals surface area contributed by atoms with Gasteiger partial charge in [-0.1, -0.05) is 97.1 Å². The van der Waals surface area contributed by atoms with Crippen LogP contribution in [-0.2, 0) is 121 Å². The fraction of sp³-hybridized carbons (Fsp3) is 0.337. The molecule has 15 rings (SSSR count). The smallest absolute Gasteiger partial charge is 1.00 e. The topological polar surface area (TPSA) is 353 Å². The van der Waals surface area contributed by atoms with E-state index in [1.165, 1.54) is 6.26 Å². The number of furan rings is 6. The average molecular weight is 2400 g/mol. The zero-order valence-electron chi connectivity index (χ0n) is 82.4. The van der Waals surface area contributed by atoms with E-state index < -0.39 is 62.1 Å². The van der Waals surface area contributed by atoms with E-state index in [0.717, 1.165) is 147 Å². The van der Waals surface area contributed by atoms with Crippen molar-refractivity contribution >= 4 is 222 Å². The van der Waals surface area contributed by atoms with Gasteiger partial charge < -0.3 is 67.8 Å². The van der Waals surface area contributed by atoms with Crippen LogP contribution in [0.15, 0.2) is 240 Å². The second-order valence-corrected chi connectivity index (χ2v) is 45.4. The van der Waals surface area contributed by atoms with Gasteiger partial charge in [0, 0.05) is 114 Å². The Balaban J connectivity index is 0.000000587. The van der Waals surface area contributed by atoms with Gasteiger partial charge in [0.05, 0.1) is 118 Å². The van der Waals surface area contributed by atoms with Crippen LogP contribution in [0.25, 0.3) is 76.9 Å². The van der Waals surface area contributed by atoms with E-state index in [-0.39, 0.29) is 241 Å². The maximum Gasteiger partial charge on any atom is 1.00 e. The van der Waals surface area contributed by atoms with E-state index in [4.69, 9.17) is 69.9 Å². The molecule has 4 atom stereocenters. The number of esters is 2.